The summed E-state index contributed by atoms with van der Waals surface area (Å²) in [5.41, 5.74) is 0.720. The fraction of sp³-hybridized carbons (Fsp3) is 0.250. The van der Waals surface area contributed by atoms with Crippen LogP contribution in [0, 0.1) is 0 Å². The van der Waals surface area contributed by atoms with Gasteiger partial charge in [0, 0.05) is 0 Å². The summed E-state index contributed by atoms with van der Waals surface area (Å²) in [6.45, 7) is -0.183. The first-order valence-electron chi connectivity index (χ1n) is 6.26. The zero-order valence-corrected chi connectivity index (χ0v) is 10.7. The molecule has 0 atom stereocenters. The summed E-state index contributed by atoms with van der Waals surface area (Å²) in [6.07, 6.45) is 0. The quantitative estimate of drug-likeness (QED) is 0.834. The van der Waals surface area contributed by atoms with E-state index in [2.05, 4.69) is 0 Å². The minimum absolute atomic E-state index is 0.264. The van der Waals surface area contributed by atoms with Crippen LogP contribution in [0.4, 0.5) is 0 Å². The molecule has 0 amide bonds. The Bertz CT molecular complexity index is 478. The molecule has 0 bridgehead atoms. The van der Waals surface area contributed by atoms with Crippen molar-refractivity contribution < 1.29 is 14.9 Å². The summed E-state index contributed by atoms with van der Waals surface area (Å²) >= 11 is 0. The molecule has 0 spiro atoms. The highest BCUT2D eigenvalue weighted by molar-refractivity contribution is 5.23. The monoisotopic (exact) mass is 258 g/mol. The van der Waals surface area contributed by atoms with E-state index >= 15 is 0 Å². The molecule has 19 heavy (non-hydrogen) atoms. The van der Waals surface area contributed by atoms with Crippen molar-refractivity contribution in [1.82, 2.24) is 0 Å². The van der Waals surface area contributed by atoms with Crippen LogP contribution in [-0.2, 0) is 16.9 Å². The van der Waals surface area contributed by atoms with Crippen LogP contribution in [0.1, 0.15) is 11.1 Å². The van der Waals surface area contributed by atoms with E-state index in [1.807, 2.05) is 60.7 Å². The van der Waals surface area contributed by atoms with E-state index in [1.54, 1.807) is 0 Å². The molecule has 0 radical (unpaired) electrons. The average molecular weight is 258 g/mol. The maximum Gasteiger partial charge on any atom is 0.139 e. The lowest BCUT2D eigenvalue weighted by atomic mass is 9.95. The Kier molecular flexibility index (Phi) is 4.68. The molecule has 0 saturated heterocycles. The van der Waals surface area contributed by atoms with Crippen molar-refractivity contribution >= 4 is 0 Å². The molecule has 2 rings (SSSR count). The van der Waals surface area contributed by atoms with E-state index < -0.39 is 5.60 Å². The molecule has 0 aliphatic carbocycles. The van der Waals surface area contributed by atoms with Crippen molar-refractivity contribution in [3.63, 3.8) is 0 Å². The molecule has 0 saturated carbocycles. The molecule has 3 nitrogen and oxygen atoms in total. The Labute approximate surface area is 113 Å². The van der Waals surface area contributed by atoms with Gasteiger partial charge in [-0.3, -0.25) is 0 Å². The predicted molar refractivity (Wildman–Crippen MR) is 73.5 cm³/mol. The fourth-order valence-corrected chi connectivity index (χ4v) is 1.94. The van der Waals surface area contributed by atoms with Crippen LogP contribution >= 0.6 is 0 Å². The first-order valence-corrected chi connectivity index (χ1v) is 6.26. The fourth-order valence-electron chi connectivity index (χ4n) is 1.94. The van der Waals surface area contributed by atoms with Gasteiger partial charge < -0.3 is 14.9 Å². The lowest BCUT2D eigenvalue weighted by Crippen LogP contribution is -2.37. The van der Waals surface area contributed by atoms with E-state index in [0.29, 0.717) is 6.61 Å². The maximum absolute atomic E-state index is 9.62. The molecule has 100 valence electrons. The second kappa shape index (κ2) is 6.48. The van der Waals surface area contributed by atoms with Crippen molar-refractivity contribution in [2.75, 3.05) is 13.2 Å². The molecule has 0 fully saturated rings. The van der Waals surface area contributed by atoms with Gasteiger partial charge in [0.05, 0.1) is 19.8 Å². The van der Waals surface area contributed by atoms with Gasteiger partial charge in [0.2, 0.25) is 0 Å². The van der Waals surface area contributed by atoms with Gasteiger partial charge in [0.25, 0.3) is 0 Å². The molecule has 2 aromatic carbocycles. The Morgan fingerprint density at radius 3 is 1.84 bits per heavy atom. The largest absolute Gasteiger partial charge is 0.393 e. The van der Waals surface area contributed by atoms with Gasteiger partial charge in [-0.15, -0.1) is 0 Å². The van der Waals surface area contributed by atoms with Crippen LogP contribution in [0.15, 0.2) is 60.7 Å². The summed E-state index contributed by atoms with van der Waals surface area (Å²) in [4.78, 5) is 0. The topological polar surface area (TPSA) is 49.7 Å². The van der Waals surface area contributed by atoms with Crippen LogP contribution in [0.5, 0.6) is 0 Å². The number of ether oxygens (including phenoxy) is 1. The van der Waals surface area contributed by atoms with Gasteiger partial charge in [-0.1, -0.05) is 60.7 Å². The SMILES string of the molecule is OCC(CO)(OCc1ccccc1)c1ccccc1. The standard InChI is InChI=1S/C16H18O3/c17-12-16(13-18,15-9-5-2-6-10-15)19-11-14-7-3-1-4-8-14/h1-10,17-18H,11-13H2. The summed E-state index contributed by atoms with van der Waals surface area (Å²) < 4.78 is 5.80. The minimum atomic E-state index is -1.06. The lowest BCUT2D eigenvalue weighted by Gasteiger charge is -2.30. The van der Waals surface area contributed by atoms with Gasteiger partial charge in [0.1, 0.15) is 5.60 Å². The molecule has 0 unspecified atom stereocenters. The van der Waals surface area contributed by atoms with Crippen molar-refractivity contribution in [3.05, 3.63) is 71.8 Å². The normalized spacial score (nSPS) is 11.5. The van der Waals surface area contributed by atoms with E-state index in [1.165, 1.54) is 0 Å². The third-order valence-electron chi connectivity index (χ3n) is 3.17. The van der Waals surface area contributed by atoms with Gasteiger partial charge in [0.15, 0.2) is 0 Å². The molecule has 0 aromatic heterocycles. The van der Waals surface area contributed by atoms with Crippen molar-refractivity contribution in [1.29, 1.82) is 0 Å². The first-order chi connectivity index (χ1) is 9.30. The van der Waals surface area contributed by atoms with E-state index in [4.69, 9.17) is 4.74 Å². The zero-order valence-electron chi connectivity index (χ0n) is 10.7. The third kappa shape index (κ3) is 3.20. The lowest BCUT2D eigenvalue weighted by molar-refractivity contribution is -0.123. The summed E-state index contributed by atoms with van der Waals surface area (Å²) in [7, 11) is 0. The minimum Gasteiger partial charge on any atom is -0.393 e. The third-order valence-corrected chi connectivity index (χ3v) is 3.17. The Morgan fingerprint density at radius 1 is 0.789 bits per heavy atom. The Balaban J connectivity index is 2.16. The van der Waals surface area contributed by atoms with Gasteiger partial charge in [-0.25, -0.2) is 0 Å². The zero-order chi connectivity index (χ0) is 13.6. The van der Waals surface area contributed by atoms with Crippen LogP contribution < -0.4 is 0 Å². The summed E-state index contributed by atoms with van der Waals surface area (Å²) in [6, 6.07) is 19.0. The Hall–Kier alpha value is -1.68. The highest BCUT2D eigenvalue weighted by atomic mass is 16.5. The number of aliphatic hydroxyl groups excluding tert-OH is 2. The Morgan fingerprint density at radius 2 is 1.32 bits per heavy atom. The summed E-state index contributed by atoms with van der Waals surface area (Å²) in [5.74, 6) is 0. The molecule has 2 N–H and O–H groups in total. The molecule has 0 aliphatic heterocycles. The highest BCUT2D eigenvalue weighted by Crippen LogP contribution is 2.26. The highest BCUT2D eigenvalue weighted by Gasteiger charge is 2.31. The van der Waals surface area contributed by atoms with Gasteiger partial charge >= 0.3 is 0 Å². The average Bonchev–Trinajstić information content (AvgIpc) is 2.51. The van der Waals surface area contributed by atoms with E-state index in [0.717, 1.165) is 11.1 Å². The molecular weight excluding hydrogens is 240 g/mol. The van der Waals surface area contributed by atoms with Crippen LogP contribution in [0.2, 0.25) is 0 Å². The molecule has 0 heterocycles. The van der Waals surface area contributed by atoms with Crippen LogP contribution in [0.3, 0.4) is 0 Å². The van der Waals surface area contributed by atoms with Crippen molar-refractivity contribution in [3.8, 4) is 0 Å². The van der Waals surface area contributed by atoms with Crippen LogP contribution in [0.25, 0.3) is 0 Å². The summed E-state index contributed by atoms with van der Waals surface area (Å²) in [5, 5.41) is 19.2. The van der Waals surface area contributed by atoms with Gasteiger partial charge in [-0.2, -0.15) is 0 Å². The van der Waals surface area contributed by atoms with E-state index in [-0.39, 0.29) is 13.2 Å². The molecule has 3 heteroatoms. The number of rotatable bonds is 6. The smallest absolute Gasteiger partial charge is 0.139 e. The first kappa shape index (κ1) is 13.7. The number of benzene rings is 2. The van der Waals surface area contributed by atoms with Crippen LogP contribution in [-0.4, -0.2) is 23.4 Å². The number of hydrogen-bond acceptors (Lipinski definition) is 3. The predicted octanol–water partition coefficient (Wildman–Crippen LogP) is 2.08. The van der Waals surface area contributed by atoms with Crippen molar-refractivity contribution in [2.45, 2.75) is 12.2 Å². The maximum atomic E-state index is 9.62. The number of aliphatic hydroxyl groups is 2. The number of hydrogen-bond donors (Lipinski definition) is 2. The molecule has 2 aromatic rings. The second-order valence-corrected chi connectivity index (χ2v) is 4.45. The van der Waals surface area contributed by atoms with Gasteiger partial charge in [-0.05, 0) is 11.1 Å². The molecule has 0 aliphatic rings. The second-order valence-electron chi connectivity index (χ2n) is 4.45. The van der Waals surface area contributed by atoms with Crippen molar-refractivity contribution in [2.24, 2.45) is 0 Å². The molecular formula is C16H18O3. The van der Waals surface area contributed by atoms with E-state index in [9.17, 15) is 10.2 Å².